The molecule has 0 saturated carbocycles. The van der Waals surface area contributed by atoms with E-state index in [4.69, 9.17) is 34.8 Å². The van der Waals surface area contributed by atoms with Gasteiger partial charge in [0, 0.05) is 17.2 Å². The van der Waals surface area contributed by atoms with E-state index in [9.17, 15) is 4.39 Å². The van der Waals surface area contributed by atoms with Gasteiger partial charge in [0.2, 0.25) is 0 Å². The summed E-state index contributed by atoms with van der Waals surface area (Å²) in [5.74, 6) is 0.899. The summed E-state index contributed by atoms with van der Waals surface area (Å²) in [6.07, 6.45) is 0.706. The van der Waals surface area contributed by atoms with Gasteiger partial charge in [-0.25, -0.2) is 4.39 Å². The Kier molecular flexibility index (Phi) is 5.56. The largest absolute Gasteiger partial charge is 0.205 e. The molecule has 0 nitrogen and oxygen atoms in total. The second-order valence-electron chi connectivity index (χ2n) is 4.71. The fourth-order valence-electron chi connectivity index (χ4n) is 1.70. The van der Waals surface area contributed by atoms with Crippen molar-refractivity contribution in [3.8, 4) is 0 Å². The third-order valence-corrected chi connectivity index (χ3v) is 4.65. The number of hydrogen-bond acceptors (Lipinski definition) is 0. The fraction of sp³-hybridized carbons (Fsp3) is 0.538. The molecule has 0 unspecified atom stereocenters. The third-order valence-electron chi connectivity index (χ3n) is 3.30. The molecule has 96 valence electrons. The minimum atomic E-state index is -0.401. The Balaban J connectivity index is 2.97. The average molecular weight is 298 g/mol. The first-order chi connectivity index (χ1) is 7.95. The second kappa shape index (κ2) is 6.26. The van der Waals surface area contributed by atoms with E-state index in [-0.39, 0.29) is 10.4 Å². The van der Waals surface area contributed by atoms with Crippen LogP contribution in [0.5, 0.6) is 0 Å². The molecule has 0 N–H and O–H groups in total. The van der Waals surface area contributed by atoms with Gasteiger partial charge < -0.3 is 0 Å². The zero-order valence-electron chi connectivity index (χ0n) is 9.94. The van der Waals surface area contributed by atoms with Crippen molar-refractivity contribution in [2.24, 2.45) is 11.3 Å². The first-order valence-corrected chi connectivity index (χ1v) is 6.96. The predicted molar refractivity (Wildman–Crippen MR) is 73.8 cm³/mol. The monoisotopic (exact) mass is 296 g/mol. The Labute approximate surface area is 117 Å². The van der Waals surface area contributed by atoms with Gasteiger partial charge in [0.25, 0.3) is 0 Å². The van der Waals surface area contributed by atoms with Crippen molar-refractivity contribution in [3.05, 3.63) is 34.6 Å². The van der Waals surface area contributed by atoms with Crippen LogP contribution in [0.15, 0.2) is 18.2 Å². The summed E-state index contributed by atoms with van der Waals surface area (Å²) in [4.78, 5) is 0. The minimum absolute atomic E-state index is 0.143. The van der Waals surface area contributed by atoms with Crippen LogP contribution < -0.4 is 0 Å². The molecule has 0 amide bonds. The van der Waals surface area contributed by atoms with Crippen molar-refractivity contribution < 1.29 is 4.39 Å². The summed E-state index contributed by atoms with van der Waals surface area (Å²) in [5.41, 5.74) is 0.788. The smallest absolute Gasteiger partial charge is 0.141 e. The van der Waals surface area contributed by atoms with Gasteiger partial charge in [-0.1, -0.05) is 31.5 Å². The molecule has 0 saturated heterocycles. The maximum absolute atomic E-state index is 13.1. The molecular weight excluding hydrogens is 281 g/mol. The molecule has 1 rings (SSSR count). The van der Waals surface area contributed by atoms with Gasteiger partial charge in [-0.05, 0) is 30.0 Å². The summed E-state index contributed by atoms with van der Waals surface area (Å²) in [5, 5.41) is 0.143. The van der Waals surface area contributed by atoms with Gasteiger partial charge >= 0.3 is 0 Å². The zero-order chi connectivity index (χ0) is 13.1. The molecule has 1 aromatic carbocycles. The van der Waals surface area contributed by atoms with Crippen LogP contribution in [0.2, 0.25) is 5.02 Å². The highest BCUT2D eigenvalue weighted by Gasteiger charge is 2.32. The third kappa shape index (κ3) is 3.49. The zero-order valence-corrected chi connectivity index (χ0v) is 12.2. The lowest BCUT2D eigenvalue weighted by molar-refractivity contribution is 0.259. The summed E-state index contributed by atoms with van der Waals surface area (Å²) in [7, 11) is 0. The lowest BCUT2D eigenvalue weighted by Gasteiger charge is -2.34. The molecule has 0 spiro atoms. The van der Waals surface area contributed by atoms with E-state index in [0.717, 1.165) is 5.56 Å². The lowest BCUT2D eigenvalue weighted by atomic mass is 9.76. The molecule has 0 aromatic heterocycles. The second-order valence-corrected chi connectivity index (χ2v) is 5.65. The molecule has 0 radical (unpaired) electrons. The van der Waals surface area contributed by atoms with Gasteiger partial charge in [0.15, 0.2) is 0 Å². The van der Waals surface area contributed by atoms with E-state index in [0.29, 0.717) is 24.1 Å². The quantitative estimate of drug-likeness (QED) is 0.660. The highest BCUT2D eigenvalue weighted by molar-refractivity contribution is 6.30. The van der Waals surface area contributed by atoms with Crippen molar-refractivity contribution in [1.82, 2.24) is 0 Å². The average Bonchev–Trinajstić information content (AvgIpc) is 2.30. The van der Waals surface area contributed by atoms with Crippen LogP contribution >= 0.6 is 34.8 Å². The van der Waals surface area contributed by atoms with Gasteiger partial charge in [0.1, 0.15) is 5.82 Å². The molecular formula is C13H16Cl3F. The number of alkyl halides is 2. The van der Waals surface area contributed by atoms with Crippen molar-refractivity contribution >= 4 is 34.8 Å². The molecule has 17 heavy (non-hydrogen) atoms. The van der Waals surface area contributed by atoms with E-state index >= 15 is 0 Å². The molecule has 0 bridgehead atoms. The van der Waals surface area contributed by atoms with Crippen LogP contribution in [0, 0.1) is 17.2 Å². The van der Waals surface area contributed by atoms with Crippen LogP contribution in [0.25, 0.3) is 0 Å². The van der Waals surface area contributed by atoms with Crippen molar-refractivity contribution in [1.29, 1.82) is 0 Å². The highest BCUT2D eigenvalue weighted by Crippen LogP contribution is 2.35. The van der Waals surface area contributed by atoms with Crippen LogP contribution in [0.3, 0.4) is 0 Å². The van der Waals surface area contributed by atoms with E-state index in [1.165, 1.54) is 6.07 Å². The van der Waals surface area contributed by atoms with Crippen molar-refractivity contribution in [2.75, 3.05) is 11.8 Å². The minimum Gasteiger partial charge on any atom is -0.205 e. The Morgan fingerprint density at radius 3 is 2.24 bits per heavy atom. The fourth-order valence-corrected chi connectivity index (χ4v) is 2.99. The Bertz CT molecular complexity index is 373. The van der Waals surface area contributed by atoms with E-state index in [2.05, 4.69) is 13.8 Å². The Hall–Kier alpha value is 0.0200. The molecule has 0 heterocycles. The van der Waals surface area contributed by atoms with Gasteiger partial charge in [-0.2, -0.15) is 0 Å². The van der Waals surface area contributed by atoms with Gasteiger partial charge in [-0.15, -0.1) is 23.2 Å². The number of halogens is 4. The standard InChI is InChI=1S/C13H16Cl3F/c1-9(2)13(7-14,8-15)6-10-3-4-12(17)11(16)5-10/h3-5,9H,6-8H2,1-2H3. The molecule has 4 heteroatoms. The highest BCUT2D eigenvalue weighted by atomic mass is 35.5. The predicted octanol–water partition coefficient (Wildman–Crippen LogP) is 5.14. The number of rotatable bonds is 5. The summed E-state index contributed by atoms with van der Waals surface area (Å²) in [6, 6.07) is 4.76. The topological polar surface area (TPSA) is 0 Å². The van der Waals surface area contributed by atoms with Crippen molar-refractivity contribution in [2.45, 2.75) is 20.3 Å². The van der Waals surface area contributed by atoms with E-state index in [1.807, 2.05) is 0 Å². The molecule has 0 atom stereocenters. The van der Waals surface area contributed by atoms with E-state index in [1.54, 1.807) is 12.1 Å². The molecule has 0 fully saturated rings. The van der Waals surface area contributed by atoms with Crippen LogP contribution in [0.1, 0.15) is 19.4 Å². The van der Waals surface area contributed by atoms with Crippen LogP contribution in [0.4, 0.5) is 4.39 Å². The summed E-state index contributed by atoms with van der Waals surface area (Å²) >= 11 is 17.9. The van der Waals surface area contributed by atoms with Gasteiger partial charge in [-0.3, -0.25) is 0 Å². The summed E-state index contributed by atoms with van der Waals surface area (Å²) < 4.78 is 13.1. The molecule has 0 aliphatic rings. The number of benzene rings is 1. The maximum atomic E-state index is 13.1. The first kappa shape index (κ1) is 15.1. The molecule has 1 aromatic rings. The van der Waals surface area contributed by atoms with Crippen molar-refractivity contribution in [3.63, 3.8) is 0 Å². The van der Waals surface area contributed by atoms with E-state index < -0.39 is 5.82 Å². The first-order valence-electron chi connectivity index (χ1n) is 5.51. The molecule has 0 aliphatic carbocycles. The normalized spacial score (nSPS) is 12.2. The SMILES string of the molecule is CC(C)C(CCl)(CCl)Cc1ccc(F)c(Cl)c1. The maximum Gasteiger partial charge on any atom is 0.141 e. The van der Waals surface area contributed by atoms with Crippen LogP contribution in [-0.2, 0) is 6.42 Å². The number of hydrogen-bond donors (Lipinski definition) is 0. The summed E-state index contributed by atoms with van der Waals surface area (Å²) in [6.45, 7) is 4.19. The molecule has 0 aliphatic heterocycles. The lowest BCUT2D eigenvalue weighted by Crippen LogP contribution is -2.34. The van der Waals surface area contributed by atoms with Gasteiger partial charge in [0.05, 0.1) is 5.02 Å². The Morgan fingerprint density at radius 2 is 1.82 bits per heavy atom. The van der Waals surface area contributed by atoms with Crippen LogP contribution in [-0.4, -0.2) is 11.8 Å². The Morgan fingerprint density at radius 1 is 1.24 bits per heavy atom.